The molecular formula is C14H18F3NO3. The number of carbonyl (C=O) groups is 1. The molecule has 1 aromatic rings. The average Bonchev–Trinajstić information content (AvgIpc) is 2.39. The summed E-state index contributed by atoms with van der Waals surface area (Å²) in [6.07, 6.45) is -5.67. The third kappa shape index (κ3) is 4.93. The summed E-state index contributed by atoms with van der Waals surface area (Å²) >= 11 is 0. The Hall–Kier alpha value is -1.76. The molecule has 0 saturated heterocycles. The zero-order valence-electron chi connectivity index (χ0n) is 12.1. The second-order valence-corrected chi connectivity index (χ2v) is 4.37. The molecule has 1 rings (SSSR count). The molecule has 4 nitrogen and oxygen atoms in total. The lowest BCUT2D eigenvalue weighted by molar-refractivity contribution is -0.152. The first-order valence-electron chi connectivity index (χ1n) is 6.47. The molecule has 0 radical (unpaired) electrons. The van der Waals surface area contributed by atoms with Crippen molar-refractivity contribution in [2.75, 3.05) is 13.7 Å². The molecule has 1 N–H and O–H groups in total. The first-order chi connectivity index (χ1) is 9.79. The molecule has 0 aliphatic carbocycles. The number of esters is 1. The monoisotopic (exact) mass is 305 g/mol. The lowest BCUT2D eigenvalue weighted by Crippen LogP contribution is -2.27. The molecule has 1 unspecified atom stereocenters. The number of benzene rings is 1. The molecule has 0 aromatic heterocycles. The molecule has 0 fully saturated rings. The van der Waals surface area contributed by atoms with E-state index >= 15 is 0 Å². The Bertz CT molecular complexity index is 489. The van der Waals surface area contributed by atoms with Crippen molar-refractivity contribution >= 4 is 5.97 Å². The van der Waals surface area contributed by atoms with Crippen LogP contribution >= 0.6 is 0 Å². The van der Waals surface area contributed by atoms with E-state index in [2.05, 4.69) is 5.32 Å². The maximum atomic E-state index is 13.1. The van der Waals surface area contributed by atoms with Crippen molar-refractivity contribution in [2.45, 2.75) is 32.7 Å². The predicted octanol–water partition coefficient (Wildman–Crippen LogP) is 2.76. The summed E-state index contributed by atoms with van der Waals surface area (Å²) < 4.78 is 49.0. The van der Waals surface area contributed by atoms with Gasteiger partial charge in [0.25, 0.3) is 0 Å². The number of hydrogen-bond acceptors (Lipinski definition) is 4. The molecule has 0 aliphatic heterocycles. The van der Waals surface area contributed by atoms with E-state index in [0.29, 0.717) is 12.1 Å². The van der Waals surface area contributed by atoms with Crippen LogP contribution in [-0.2, 0) is 22.3 Å². The molecule has 0 saturated carbocycles. The lowest BCUT2D eigenvalue weighted by Gasteiger charge is -2.18. The van der Waals surface area contributed by atoms with Gasteiger partial charge in [-0.3, -0.25) is 0 Å². The van der Waals surface area contributed by atoms with E-state index in [0.717, 1.165) is 6.07 Å². The van der Waals surface area contributed by atoms with Gasteiger partial charge in [-0.05, 0) is 38.6 Å². The van der Waals surface area contributed by atoms with Crippen molar-refractivity contribution < 1.29 is 27.4 Å². The van der Waals surface area contributed by atoms with Crippen molar-refractivity contribution in [2.24, 2.45) is 0 Å². The number of ether oxygens (including phenoxy) is 2. The van der Waals surface area contributed by atoms with Crippen LogP contribution in [0.3, 0.4) is 0 Å². The molecule has 0 amide bonds. The number of alkyl halides is 3. The highest BCUT2D eigenvalue weighted by Gasteiger charge is 2.35. The topological polar surface area (TPSA) is 47.6 Å². The summed E-state index contributed by atoms with van der Waals surface area (Å²) in [4.78, 5) is 11.4. The summed E-state index contributed by atoms with van der Waals surface area (Å²) in [6, 6.07) is 3.73. The second-order valence-electron chi connectivity index (χ2n) is 4.37. The van der Waals surface area contributed by atoms with Gasteiger partial charge in [-0.2, -0.15) is 13.2 Å². The van der Waals surface area contributed by atoms with Gasteiger partial charge in [0, 0.05) is 6.54 Å². The van der Waals surface area contributed by atoms with Gasteiger partial charge in [0.15, 0.2) is 6.10 Å². The van der Waals surface area contributed by atoms with Crippen molar-refractivity contribution in [3.05, 3.63) is 29.3 Å². The summed E-state index contributed by atoms with van der Waals surface area (Å²) in [5, 5.41) is 2.78. The summed E-state index contributed by atoms with van der Waals surface area (Å²) in [7, 11) is 1.64. The molecule has 0 heterocycles. The van der Waals surface area contributed by atoms with Gasteiger partial charge >= 0.3 is 12.1 Å². The third-order valence-electron chi connectivity index (χ3n) is 2.65. The smallest absolute Gasteiger partial charge is 0.419 e. The van der Waals surface area contributed by atoms with Crippen LogP contribution in [0.1, 0.15) is 25.0 Å². The Morgan fingerprint density at radius 3 is 2.57 bits per heavy atom. The van der Waals surface area contributed by atoms with E-state index in [9.17, 15) is 18.0 Å². The molecule has 21 heavy (non-hydrogen) atoms. The van der Waals surface area contributed by atoms with Crippen LogP contribution in [0.15, 0.2) is 18.2 Å². The SMILES string of the molecule is CCOC(=O)C(C)Oc1ccc(CNC)cc1C(F)(F)F. The van der Waals surface area contributed by atoms with Crippen molar-refractivity contribution in [3.63, 3.8) is 0 Å². The standard InChI is InChI=1S/C14H18F3NO3/c1-4-20-13(19)9(2)21-12-6-5-10(8-18-3)7-11(12)14(15,16)17/h5-7,9,18H,4,8H2,1-3H3. The number of nitrogens with one attached hydrogen (secondary N) is 1. The Morgan fingerprint density at radius 1 is 1.38 bits per heavy atom. The van der Waals surface area contributed by atoms with Crippen LogP contribution in [0.2, 0.25) is 0 Å². The van der Waals surface area contributed by atoms with E-state index in [1.165, 1.54) is 19.1 Å². The third-order valence-corrected chi connectivity index (χ3v) is 2.65. The lowest BCUT2D eigenvalue weighted by atomic mass is 10.1. The normalized spacial score (nSPS) is 12.9. The minimum absolute atomic E-state index is 0.139. The zero-order chi connectivity index (χ0) is 16.0. The molecule has 1 aromatic carbocycles. The summed E-state index contributed by atoms with van der Waals surface area (Å²) in [5.41, 5.74) is -0.438. The highest BCUT2D eigenvalue weighted by atomic mass is 19.4. The fourth-order valence-electron chi connectivity index (χ4n) is 1.71. The molecule has 0 bridgehead atoms. The number of hydrogen-bond donors (Lipinski definition) is 1. The number of halogens is 3. The fourth-order valence-corrected chi connectivity index (χ4v) is 1.71. The van der Waals surface area contributed by atoms with Crippen LogP contribution in [0.4, 0.5) is 13.2 Å². The maximum absolute atomic E-state index is 13.1. The Balaban J connectivity index is 3.03. The van der Waals surface area contributed by atoms with Crippen LogP contribution in [0.25, 0.3) is 0 Å². The van der Waals surface area contributed by atoms with Gasteiger partial charge in [-0.15, -0.1) is 0 Å². The van der Waals surface area contributed by atoms with Gasteiger partial charge in [0.05, 0.1) is 12.2 Å². The molecular weight excluding hydrogens is 287 g/mol. The van der Waals surface area contributed by atoms with Crippen molar-refractivity contribution in [1.29, 1.82) is 0 Å². The predicted molar refractivity (Wildman–Crippen MR) is 70.9 cm³/mol. The van der Waals surface area contributed by atoms with E-state index < -0.39 is 23.8 Å². The zero-order valence-corrected chi connectivity index (χ0v) is 12.1. The van der Waals surface area contributed by atoms with Crippen molar-refractivity contribution in [1.82, 2.24) is 5.32 Å². The van der Waals surface area contributed by atoms with Crippen LogP contribution < -0.4 is 10.1 Å². The number of rotatable bonds is 6. The largest absolute Gasteiger partial charge is 0.478 e. The van der Waals surface area contributed by atoms with Gasteiger partial charge in [0.1, 0.15) is 5.75 Å². The van der Waals surface area contributed by atoms with Crippen molar-refractivity contribution in [3.8, 4) is 5.75 Å². The van der Waals surface area contributed by atoms with E-state index in [-0.39, 0.29) is 12.4 Å². The van der Waals surface area contributed by atoms with Gasteiger partial charge in [-0.25, -0.2) is 4.79 Å². The highest BCUT2D eigenvalue weighted by Crippen LogP contribution is 2.37. The molecule has 1 atom stereocenters. The van der Waals surface area contributed by atoms with Crippen LogP contribution in [0.5, 0.6) is 5.75 Å². The summed E-state index contributed by atoms with van der Waals surface area (Å²) in [6.45, 7) is 3.40. The average molecular weight is 305 g/mol. The molecule has 0 spiro atoms. The van der Waals surface area contributed by atoms with Gasteiger partial charge in [0.2, 0.25) is 0 Å². The molecule has 118 valence electrons. The fraction of sp³-hybridized carbons (Fsp3) is 0.500. The summed E-state index contributed by atoms with van der Waals surface area (Å²) in [5.74, 6) is -1.09. The first-order valence-corrected chi connectivity index (χ1v) is 6.47. The van der Waals surface area contributed by atoms with Crippen LogP contribution in [-0.4, -0.2) is 25.7 Å². The first kappa shape index (κ1) is 17.3. The minimum atomic E-state index is -4.56. The Kier molecular flexibility index (Phi) is 6.02. The van der Waals surface area contributed by atoms with E-state index in [4.69, 9.17) is 9.47 Å². The Morgan fingerprint density at radius 2 is 2.05 bits per heavy atom. The Labute approximate surface area is 121 Å². The van der Waals surface area contributed by atoms with E-state index in [1.807, 2.05) is 0 Å². The van der Waals surface area contributed by atoms with Gasteiger partial charge in [-0.1, -0.05) is 6.07 Å². The minimum Gasteiger partial charge on any atom is -0.478 e. The quantitative estimate of drug-likeness (QED) is 0.821. The van der Waals surface area contributed by atoms with Crippen LogP contribution in [0, 0.1) is 0 Å². The van der Waals surface area contributed by atoms with Gasteiger partial charge < -0.3 is 14.8 Å². The number of carbonyl (C=O) groups excluding carboxylic acids is 1. The molecule has 0 aliphatic rings. The highest BCUT2D eigenvalue weighted by molar-refractivity contribution is 5.74. The molecule has 7 heteroatoms. The second kappa shape index (κ2) is 7.31. The maximum Gasteiger partial charge on any atom is 0.419 e. The van der Waals surface area contributed by atoms with E-state index in [1.54, 1.807) is 14.0 Å².